The van der Waals surface area contributed by atoms with Crippen molar-refractivity contribution in [3.63, 3.8) is 0 Å². The van der Waals surface area contributed by atoms with Gasteiger partial charge in [-0.1, -0.05) is 30.3 Å². The molecule has 8 heteroatoms. The standard InChI is InChI=1S/C27H25N5O3/c1-18-26(27(33)32(31(18)2)20-9-5-4-6-10-20)28-16-19-13-14-23(24(15-19)34-3)35-17-25-29-21-11-7-8-12-22(21)30-25/h4-16H,17H2,1-3H3,(H,29,30). The number of rotatable bonds is 7. The van der Waals surface area contributed by atoms with Crippen LogP contribution < -0.4 is 15.0 Å². The third-order valence-corrected chi connectivity index (χ3v) is 5.86. The minimum atomic E-state index is -0.176. The van der Waals surface area contributed by atoms with Crippen LogP contribution in [0.25, 0.3) is 16.7 Å². The van der Waals surface area contributed by atoms with E-state index in [0.717, 1.165) is 33.8 Å². The van der Waals surface area contributed by atoms with Gasteiger partial charge in [0, 0.05) is 13.3 Å². The third kappa shape index (κ3) is 4.33. The molecular formula is C27H25N5O3. The van der Waals surface area contributed by atoms with Crippen LogP contribution in [0.3, 0.4) is 0 Å². The van der Waals surface area contributed by atoms with Crippen molar-refractivity contribution in [2.75, 3.05) is 7.11 Å². The van der Waals surface area contributed by atoms with Gasteiger partial charge in [0.05, 0.1) is 29.5 Å². The van der Waals surface area contributed by atoms with Crippen LogP contribution in [0.2, 0.25) is 0 Å². The van der Waals surface area contributed by atoms with E-state index in [1.165, 1.54) is 0 Å². The monoisotopic (exact) mass is 467 g/mol. The average Bonchev–Trinajstić information content (AvgIpc) is 3.40. The number of methoxy groups -OCH3 is 1. The van der Waals surface area contributed by atoms with Gasteiger partial charge in [-0.3, -0.25) is 9.48 Å². The molecule has 3 aromatic carbocycles. The van der Waals surface area contributed by atoms with Gasteiger partial charge in [-0.15, -0.1) is 0 Å². The molecule has 0 bridgehead atoms. The molecule has 176 valence electrons. The van der Waals surface area contributed by atoms with Crippen LogP contribution in [0, 0.1) is 6.92 Å². The van der Waals surface area contributed by atoms with Gasteiger partial charge in [0.25, 0.3) is 5.56 Å². The van der Waals surface area contributed by atoms with Crippen molar-refractivity contribution < 1.29 is 9.47 Å². The number of imidazole rings is 1. The van der Waals surface area contributed by atoms with Gasteiger partial charge in [0.2, 0.25) is 0 Å². The third-order valence-electron chi connectivity index (χ3n) is 5.86. The number of H-pyrrole nitrogens is 1. The van der Waals surface area contributed by atoms with E-state index in [-0.39, 0.29) is 12.2 Å². The summed E-state index contributed by atoms with van der Waals surface area (Å²) in [6.07, 6.45) is 1.66. The summed E-state index contributed by atoms with van der Waals surface area (Å²) >= 11 is 0. The topological polar surface area (TPSA) is 86.4 Å². The normalized spacial score (nSPS) is 11.4. The van der Waals surface area contributed by atoms with Crippen molar-refractivity contribution in [2.45, 2.75) is 13.5 Å². The highest BCUT2D eigenvalue weighted by atomic mass is 16.5. The van der Waals surface area contributed by atoms with Crippen LogP contribution in [-0.2, 0) is 13.7 Å². The second-order valence-electron chi connectivity index (χ2n) is 8.07. The van der Waals surface area contributed by atoms with Crippen LogP contribution in [0.1, 0.15) is 17.1 Å². The number of fused-ring (bicyclic) bond motifs is 1. The highest BCUT2D eigenvalue weighted by molar-refractivity contribution is 5.83. The predicted octanol–water partition coefficient (Wildman–Crippen LogP) is 4.70. The smallest absolute Gasteiger partial charge is 0.297 e. The summed E-state index contributed by atoms with van der Waals surface area (Å²) in [6.45, 7) is 2.16. The molecule has 35 heavy (non-hydrogen) atoms. The van der Waals surface area contributed by atoms with Crippen molar-refractivity contribution in [3.8, 4) is 17.2 Å². The number of ether oxygens (including phenoxy) is 2. The second-order valence-corrected chi connectivity index (χ2v) is 8.07. The molecule has 0 amide bonds. The Labute approximate surface area is 202 Å². The Morgan fingerprint density at radius 3 is 2.57 bits per heavy atom. The molecule has 0 aliphatic rings. The van der Waals surface area contributed by atoms with Gasteiger partial charge in [-0.25, -0.2) is 14.7 Å². The number of hydrogen-bond acceptors (Lipinski definition) is 5. The molecule has 0 saturated heterocycles. The molecule has 0 unspecified atom stereocenters. The SMILES string of the molecule is COc1cc(C=Nc2c(C)n(C)n(-c3ccccc3)c2=O)ccc1OCc1nc2ccccc2[nH]1. The van der Waals surface area contributed by atoms with Gasteiger partial charge in [-0.2, -0.15) is 0 Å². The highest BCUT2D eigenvalue weighted by Gasteiger charge is 2.15. The maximum Gasteiger partial charge on any atom is 0.297 e. The molecule has 5 rings (SSSR count). The first-order chi connectivity index (χ1) is 17.0. The van der Waals surface area contributed by atoms with Gasteiger partial charge in [0.15, 0.2) is 17.2 Å². The zero-order valence-corrected chi connectivity index (χ0v) is 19.7. The first-order valence-corrected chi connectivity index (χ1v) is 11.2. The number of nitrogens with zero attached hydrogens (tertiary/aromatic N) is 4. The van der Waals surface area contributed by atoms with Crippen molar-refractivity contribution in [3.05, 3.63) is 100 Å². The fraction of sp³-hybridized carbons (Fsp3) is 0.148. The number of aromatic nitrogens is 4. The van der Waals surface area contributed by atoms with E-state index in [0.29, 0.717) is 17.2 Å². The summed E-state index contributed by atoms with van der Waals surface area (Å²) in [5, 5.41) is 0. The summed E-state index contributed by atoms with van der Waals surface area (Å²) in [7, 11) is 3.43. The highest BCUT2D eigenvalue weighted by Crippen LogP contribution is 2.29. The fourth-order valence-electron chi connectivity index (χ4n) is 3.95. The van der Waals surface area contributed by atoms with Crippen LogP contribution in [0.15, 0.2) is 82.6 Å². The number of para-hydroxylation sites is 3. The van der Waals surface area contributed by atoms with E-state index in [4.69, 9.17) is 9.47 Å². The summed E-state index contributed by atoms with van der Waals surface area (Å²) < 4.78 is 14.9. The summed E-state index contributed by atoms with van der Waals surface area (Å²) in [4.78, 5) is 25.4. The van der Waals surface area contributed by atoms with Crippen LogP contribution >= 0.6 is 0 Å². The minimum Gasteiger partial charge on any atom is -0.493 e. The molecule has 0 atom stereocenters. The van der Waals surface area contributed by atoms with Gasteiger partial charge in [-0.05, 0) is 55.0 Å². The molecule has 5 aromatic rings. The summed E-state index contributed by atoms with van der Waals surface area (Å²) in [5.41, 5.74) is 4.42. The minimum absolute atomic E-state index is 0.176. The fourth-order valence-corrected chi connectivity index (χ4v) is 3.95. The number of aliphatic imine (C=N–C) groups is 1. The zero-order valence-electron chi connectivity index (χ0n) is 19.7. The van der Waals surface area contributed by atoms with Crippen LogP contribution in [0.4, 0.5) is 5.69 Å². The number of hydrogen-bond donors (Lipinski definition) is 1. The Bertz CT molecular complexity index is 1540. The molecule has 2 heterocycles. The Balaban J connectivity index is 1.37. The van der Waals surface area contributed by atoms with Gasteiger partial charge in [0.1, 0.15) is 12.4 Å². The summed E-state index contributed by atoms with van der Waals surface area (Å²) in [5.74, 6) is 1.89. The molecular weight excluding hydrogens is 442 g/mol. The largest absolute Gasteiger partial charge is 0.493 e. The van der Waals surface area contributed by atoms with E-state index >= 15 is 0 Å². The zero-order chi connectivity index (χ0) is 24.4. The Kier molecular flexibility index (Phi) is 5.93. The Hall–Kier alpha value is -4.59. The van der Waals surface area contributed by atoms with Crippen molar-refractivity contribution in [1.82, 2.24) is 19.3 Å². The van der Waals surface area contributed by atoms with Gasteiger partial charge >= 0.3 is 0 Å². The molecule has 2 aromatic heterocycles. The molecule has 0 spiro atoms. The maximum atomic E-state index is 13.1. The van der Waals surface area contributed by atoms with Crippen molar-refractivity contribution >= 4 is 22.9 Å². The molecule has 0 aliphatic carbocycles. The number of nitrogens with one attached hydrogen (secondary N) is 1. The average molecular weight is 468 g/mol. The lowest BCUT2D eigenvalue weighted by atomic mass is 10.2. The molecule has 8 nitrogen and oxygen atoms in total. The molecule has 0 fully saturated rings. The van der Waals surface area contributed by atoms with E-state index in [1.54, 1.807) is 22.7 Å². The molecule has 0 radical (unpaired) electrons. The lowest BCUT2D eigenvalue weighted by Crippen LogP contribution is -2.19. The molecule has 0 aliphatic heterocycles. The lowest BCUT2D eigenvalue weighted by Gasteiger charge is -2.10. The lowest BCUT2D eigenvalue weighted by molar-refractivity contribution is 0.277. The number of benzene rings is 3. The van der Waals surface area contributed by atoms with Crippen molar-refractivity contribution in [2.24, 2.45) is 12.0 Å². The maximum absolute atomic E-state index is 13.1. The second kappa shape index (κ2) is 9.34. The van der Waals surface area contributed by atoms with E-state index in [9.17, 15) is 4.79 Å². The van der Waals surface area contributed by atoms with E-state index in [1.807, 2.05) is 86.8 Å². The first-order valence-electron chi connectivity index (χ1n) is 11.2. The first kappa shape index (κ1) is 22.2. The van der Waals surface area contributed by atoms with Crippen LogP contribution in [0.5, 0.6) is 11.5 Å². The van der Waals surface area contributed by atoms with E-state index < -0.39 is 0 Å². The van der Waals surface area contributed by atoms with Crippen molar-refractivity contribution in [1.29, 1.82) is 0 Å². The molecule has 0 saturated carbocycles. The van der Waals surface area contributed by atoms with E-state index in [2.05, 4.69) is 15.0 Å². The Morgan fingerprint density at radius 2 is 1.80 bits per heavy atom. The number of aromatic amines is 1. The van der Waals surface area contributed by atoms with Crippen LogP contribution in [-0.4, -0.2) is 32.7 Å². The Morgan fingerprint density at radius 1 is 1.03 bits per heavy atom. The van der Waals surface area contributed by atoms with Gasteiger partial charge < -0.3 is 14.5 Å². The summed E-state index contributed by atoms with van der Waals surface area (Å²) in [6, 6.07) is 22.9. The predicted molar refractivity (Wildman–Crippen MR) is 136 cm³/mol. The molecule has 1 N–H and O–H groups in total. The quantitative estimate of drug-likeness (QED) is 0.352.